The van der Waals surface area contributed by atoms with Crippen LogP contribution in [-0.4, -0.2) is 49.9 Å². The van der Waals surface area contributed by atoms with E-state index in [1.165, 1.54) is 0 Å². The van der Waals surface area contributed by atoms with Gasteiger partial charge in [-0.05, 0) is 49.9 Å². The molecule has 1 atom stereocenters. The maximum Gasteiger partial charge on any atom is 0.245 e. The van der Waals surface area contributed by atoms with Crippen LogP contribution < -0.4 is 5.32 Å². The fourth-order valence-corrected chi connectivity index (χ4v) is 4.42. The van der Waals surface area contributed by atoms with E-state index in [1.54, 1.807) is 6.20 Å². The van der Waals surface area contributed by atoms with Gasteiger partial charge in [0.15, 0.2) is 0 Å². The quantitative estimate of drug-likeness (QED) is 0.509. The summed E-state index contributed by atoms with van der Waals surface area (Å²) in [7, 11) is 0. The van der Waals surface area contributed by atoms with Crippen molar-refractivity contribution in [3.63, 3.8) is 0 Å². The Morgan fingerprint density at radius 2 is 2.06 bits per heavy atom. The number of anilines is 1. The molecule has 0 aromatic carbocycles. The molecule has 31 heavy (non-hydrogen) atoms. The second-order valence-corrected chi connectivity index (χ2v) is 8.14. The molecule has 0 saturated carbocycles. The van der Waals surface area contributed by atoms with E-state index in [4.69, 9.17) is 0 Å². The highest BCUT2D eigenvalue weighted by Gasteiger charge is 2.26. The Morgan fingerprint density at radius 1 is 1.23 bits per heavy atom. The summed E-state index contributed by atoms with van der Waals surface area (Å²) in [6.07, 6.45) is 10.2. The Kier molecular flexibility index (Phi) is 5.02. The van der Waals surface area contributed by atoms with E-state index in [0.29, 0.717) is 0 Å². The lowest BCUT2D eigenvalue weighted by molar-refractivity contribution is -0.131. The lowest BCUT2D eigenvalue weighted by Crippen LogP contribution is -2.41. The molecule has 4 aromatic heterocycles. The minimum absolute atomic E-state index is 0.182. The number of likely N-dealkylation sites (tertiary alicyclic amines) is 1. The molecule has 7 heteroatoms. The minimum Gasteiger partial charge on any atom is -0.372 e. The van der Waals surface area contributed by atoms with Gasteiger partial charge in [0.1, 0.15) is 11.7 Å². The van der Waals surface area contributed by atoms with Crippen LogP contribution in [-0.2, 0) is 4.79 Å². The largest absolute Gasteiger partial charge is 0.372 e. The molecule has 7 nitrogen and oxygen atoms in total. The van der Waals surface area contributed by atoms with Gasteiger partial charge < -0.3 is 15.2 Å². The van der Waals surface area contributed by atoms with Crippen molar-refractivity contribution in [3.8, 4) is 11.3 Å². The summed E-state index contributed by atoms with van der Waals surface area (Å²) < 4.78 is 0. The molecule has 1 saturated heterocycles. The van der Waals surface area contributed by atoms with Crippen LogP contribution in [0.2, 0.25) is 0 Å². The molecule has 0 aliphatic carbocycles. The number of fused-ring (bicyclic) bond motifs is 3. The van der Waals surface area contributed by atoms with E-state index in [0.717, 1.165) is 76.8 Å². The summed E-state index contributed by atoms with van der Waals surface area (Å²) >= 11 is 0. The molecule has 5 rings (SSSR count). The van der Waals surface area contributed by atoms with Gasteiger partial charge in [0.2, 0.25) is 5.91 Å². The fourth-order valence-electron chi connectivity index (χ4n) is 4.42. The van der Waals surface area contributed by atoms with Crippen LogP contribution in [0.25, 0.3) is 33.2 Å². The molecule has 1 fully saturated rings. The van der Waals surface area contributed by atoms with Crippen molar-refractivity contribution in [1.29, 1.82) is 0 Å². The first-order valence-electron chi connectivity index (χ1n) is 10.9. The SMILES string of the molecule is CCC(Nc1cnc2[nH]c3cnc(-c4cccnc4)cc3c2c1C)C(=O)N1CCCC1. The normalized spacial score (nSPS) is 15.0. The van der Waals surface area contributed by atoms with Crippen molar-refractivity contribution in [2.24, 2.45) is 0 Å². The molecule has 0 spiro atoms. The van der Waals surface area contributed by atoms with Crippen molar-refractivity contribution in [2.45, 2.75) is 39.2 Å². The molecule has 1 aliphatic heterocycles. The van der Waals surface area contributed by atoms with Crippen LogP contribution in [0.15, 0.2) is 43.0 Å². The molecule has 1 amide bonds. The topological polar surface area (TPSA) is 86.8 Å². The zero-order chi connectivity index (χ0) is 21.4. The van der Waals surface area contributed by atoms with E-state index in [2.05, 4.69) is 38.2 Å². The number of amides is 1. The molecule has 0 radical (unpaired) electrons. The lowest BCUT2D eigenvalue weighted by Gasteiger charge is -2.24. The molecular weight excluding hydrogens is 388 g/mol. The molecule has 5 heterocycles. The molecular formula is C24H26N6O. The molecule has 0 bridgehead atoms. The van der Waals surface area contributed by atoms with Crippen LogP contribution in [0.4, 0.5) is 5.69 Å². The first-order valence-corrected chi connectivity index (χ1v) is 10.9. The third-order valence-electron chi connectivity index (χ3n) is 6.18. The molecule has 1 aliphatic rings. The number of pyridine rings is 3. The maximum atomic E-state index is 12.9. The highest BCUT2D eigenvalue weighted by molar-refractivity contribution is 6.09. The van der Waals surface area contributed by atoms with Gasteiger partial charge in [-0.2, -0.15) is 0 Å². The number of nitrogens with one attached hydrogen (secondary N) is 2. The van der Waals surface area contributed by atoms with Crippen molar-refractivity contribution in [1.82, 2.24) is 24.8 Å². The third kappa shape index (κ3) is 3.50. The third-order valence-corrected chi connectivity index (χ3v) is 6.18. The number of rotatable bonds is 5. The number of hydrogen-bond acceptors (Lipinski definition) is 5. The highest BCUT2D eigenvalue weighted by atomic mass is 16.2. The van der Waals surface area contributed by atoms with Gasteiger partial charge >= 0.3 is 0 Å². The first kappa shape index (κ1) is 19.5. The summed E-state index contributed by atoms with van der Waals surface area (Å²) in [6.45, 7) is 5.85. The monoisotopic (exact) mass is 414 g/mol. The van der Waals surface area contributed by atoms with Gasteiger partial charge in [0.25, 0.3) is 0 Å². The van der Waals surface area contributed by atoms with Gasteiger partial charge in [0.05, 0.1) is 29.3 Å². The number of H-pyrrole nitrogens is 1. The second kappa shape index (κ2) is 7.98. The van der Waals surface area contributed by atoms with Gasteiger partial charge in [-0.1, -0.05) is 6.92 Å². The first-order chi connectivity index (χ1) is 15.2. The van der Waals surface area contributed by atoms with E-state index < -0.39 is 0 Å². The van der Waals surface area contributed by atoms with Crippen LogP contribution in [0.5, 0.6) is 0 Å². The predicted molar refractivity (Wildman–Crippen MR) is 123 cm³/mol. The van der Waals surface area contributed by atoms with Gasteiger partial charge in [0, 0.05) is 41.8 Å². The van der Waals surface area contributed by atoms with Gasteiger partial charge in [-0.3, -0.25) is 14.8 Å². The van der Waals surface area contributed by atoms with Crippen molar-refractivity contribution < 1.29 is 4.79 Å². The Balaban J connectivity index is 1.54. The number of aromatic amines is 1. The summed E-state index contributed by atoms with van der Waals surface area (Å²) in [5.74, 6) is 0.182. The Morgan fingerprint density at radius 3 is 2.81 bits per heavy atom. The van der Waals surface area contributed by atoms with Crippen LogP contribution in [0.1, 0.15) is 31.7 Å². The average molecular weight is 415 g/mol. The van der Waals surface area contributed by atoms with Crippen LogP contribution >= 0.6 is 0 Å². The lowest BCUT2D eigenvalue weighted by atomic mass is 10.1. The molecule has 158 valence electrons. The van der Waals surface area contributed by atoms with Crippen molar-refractivity contribution in [2.75, 3.05) is 18.4 Å². The summed E-state index contributed by atoms with van der Waals surface area (Å²) in [5, 5.41) is 5.59. The smallest absolute Gasteiger partial charge is 0.245 e. The summed E-state index contributed by atoms with van der Waals surface area (Å²) in [5.41, 5.74) is 5.58. The van der Waals surface area contributed by atoms with E-state index in [1.807, 2.05) is 42.5 Å². The van der Waals surface area contributed by atoms with E-state index >= 15 is 0 Å². The van der Waals surface area contributed by atoms with Crippen molar-refractivity contribution in [3.05, 3.63) is 48.5 Å². The number of aryl methyl sites for hydroxylation is 1. The maximum absolute atomic E-state index is 12.9. The van der Waals surface area contributed by atoms with Crippen LogP contribution in [0.3, 0.4) is 0 Å². The zero-order valence-electron chi connectivity index (χ0n) is 17.9. The van der Waals surface area contributed by atoms with Crippen LogP contribution in [0, 0.1) is 6.92 Å². The Hall–Kier alpha value is -3.48. The number of hydrogen-bond donors (Lipinski definition) is 2. The number of carbonyl (C=O) groups is 1. The highest BCUT2D eigenvalue weighted by Crippen LogP contribution is 2.33. The second-order valence-electron chi connectivity index (χ2n) is 8.14. The van der Waals surface area contributed by atoms with E-state index in [9.17, 15) is 4.79 Å². The Labute approximate surface area is 180 Å². The Bertz CT molecular complexity index is 1240. The number of carbonyl (C=O) groups excluding carboxylic acids is 1. The zero-order valence-corrected chi connectivity index (χ0v) is 17.9. The average Bonchev–Trinajstić information content (AvgIpc) is 3.47. The molecule has 4 aromatic rings. The standard InChI is InChI=1S/C24H26N6O/c1-3-18(24(31)30-9-4-5-10-30)28-20-13-27-23-22(15(20)2)17-11-19(26-14-21(17)29-23)16-7-6-8-25-12-16/h6-8,11-14,18,28H,3-5,9-10H2,1-2H3,(H,27,29). The fraction of sp³-hybridized carbons (Fsp3) is 0.333. The number of aromatic nitrogens is 4. The van der Waals surface area contributed by atoms with Gasteiger partial charge in [-0.25, -0.2) is 4.98 Å². The molecule has 2 N–H and O–H groups in total. The minimum atomic E-state index is -0.242. The predicted octanol–water partition coefficient (Wildman–Crippen LogP) is 4.29. The van der Waals surface area contributed by atoms with E-state index in [-0.39, 0.29) is 11.9 Å². The summed E-state index contributed by atoms with van der Waals surface area (Å²) in [4.78, 5) is 31.7. The molecule has 1 unspecified atom stereocenters. The van der Waals surface area contributed by atoms with Crippen molar-refractivity contribution >= 4 is 33.5 Å². The van der Waals surface area contributed by atoms with Gasteiger partial charge in [-0.15, -0.1) is 0 Å². The summed E-state index contributed by atoms with van der Waals surface area (Å²) in [6, 6.07) is 5.75. The number of nitrogens with zero attached hydrogens (tertiary/aromatic N) is 4.